The van der Waals surface area contributed by atoms with Crippen LogP contribution < -0.4 is 0 Å². The van der Waals surface area contributed by atoms with Crippen molar-refractivity contribution >= 4 is 0 Å². The zero-order valence-corrected chi connectivity index (χ0v) is 12.6. The third-order valence-electron chi connectivity index (χ3n) is 3.87. The van der Waals surface area contributed by atoms with Crippen LogP contribution in [0.1, 0.15) is 78.6 Å². The summed E-state index contributed by atoms with van der Waals surface area (Å²) in [6.07, 6.45) is 13.9. The third kappa shape index (κ3) is 4.15. The molecule has 18 heavy (non-hydrogen) atoms. The van der Waals surface area contributed by atoms with Gasteiger partial charge in [0.1, 0.15) is 0 Å². The lowest BCUT2D eigenvalue weighted by molar-refractivity contribution is 0.763. The molecular weight excluding hydrogens is 216 g/mol. The van der Waals surface area contributed by atoms with Gasteiger partial charge in [-0.2, -0.15) is 0 Å². The van der Waals surface area contributed by atoms with Gasteiger partial charge in [0.25, 0.3) is 0 Å². The highest BCUT2D eigenvalue weighted by Gasteiger charge is 2.18. The largest absolute Gasteiger partial charge is 0.0912 e. The Kier molecular flexibility index (Phi) is 7.08. The SMILES string of the molecule is C=C1C(CCCC)=CC(CCCC)=C1CCCC. The molecule has 0 radical (unpaired) electrons. The van der Waals surface area contributed by atoms with Crippen molar-refractivity contribution in [2.24, 2.45) is 0 Å². The van der Waals surface area contributed by atoms with E-state index in [0.717, 1.165) is 0 Å². The summed E-state index contributed by atoms with van der Waals surface area (Å²) in [5.74, 6) is 0. The van der Waals surface area contributed by atoms with Crippen molar-refractivity contribution in [2.45, 2.75) is 78.6 Å². The first-order valence-electron chi connectivity index (χ1n) is 7.86. The van der Waals surface area contributed by atoms with E-state index in [0.29, 0.717) is 0 Å². The topological polar surface area (TPSA) is 0 Å². The molecule has 0 heterocycles. The molecule has 0 saturated carbocycles. The Labute approximate surface area is 114 Å². The minimum absolute atomic E-state index is 1.22. The number of allylic oxidation sites excluding steroid dienone is 5. The Morgan fingerprint density at radius 3 is 2.00 bits per heavy atom. The van der Waals surface area contributed by atoms with E-state index in [9.17, 15) is 0 Å². The molecule has 0 aromatic rings. The molecule has 0 aromatic carbocycles. The molecule has 0 N–H and O–H groups in total. The van der Waals surface area contributed by atoms with Gasteiger partial charge in [-0.3, -0.25) is 0 Å². The minimum atomic E-state index is 1.22. The molecule has 0 amide bonds. The summed E-state index contributed by atoms with van der Waals surface area (Å²) >= 11 is 0. The van der Waals surface area contributed by atoms with Crippen LogP contribution in [0.2, 0.25) is 0 Å². The van der Waals surface area contributed by atoms with Gasteiger partial charge in [-0.25, -0.2) is 0 Å². The van der Waals surface area contributed by atoms with E-state index in [1.165, 1.54) is 68.9 Å². The highest BCUT2D eigenvalue weighted by atomic mass is 14.2. The fraction of sp³-hybridized carbons (Fsp3) is 0.667. The van der Waals surface area contributed by atoms with Crippen molar-refractivity contribution in [3.05, 3.63) is 34.9 Å². The molecule has 0 saturated heterocycles. The first-order valence-corrected chi connectivity index (χ1v) is 7.86. The van der Waals surface area contributed by atoms with Gasteiger partial charge >= 0.3 is 0 Å². The average Bonchev–Trinajstić information content (AvgIpc) is 2.68. The second-order valence-electron chi connectivity index (χ2n) is 5.46. The smallest absolute Gasteiger partial charge is 0.0262 e. The first kappa shape index (κ1) is 15.3. The lowest BCUT2D eigenvalue weighted by Crippen LogP contribution is -1.91. The third-order valence-corrected chi connectivity index (χ3v) is 3.87. The maximum Gasteiger partial charge on any atom is -0.0262 e. The molecule has 0 spiro atoms. The molecule has 0 heteroatoms. The second-order valence-corrected chi connectivity index (χ2v) is 5.46. The Morgan fingerprint density at radius 1 is 0.833 bits per heavy atom. The van der Waals surface area contributed by atoms with Gasteiger partial charge in [-0.1, -0.05) is 52.7 Å². The predicted molar refractivity (Wildman–Crippen MR) is 82.8 cm³/mol. The Hall–Kier alpha value is -0.780. The average molecular weight is 246 g/mol. The summed E-state index contributed by atoms with van der Waals surface area (Å²) < 4.78 is 0. The van der Waals surface area contributed by atoms with Crippen molar-refractivity contribution in [2.75, 3.05) is 0 Å². The summed E-state index contributed by atoms with van der Waals surface area (Å²) in [7, 11) is 0. The van der Waals surface area contributed by atoms with Gasteiger partial charge in [0.05, 0.1) is 0 Å². The number of hydrogen-bond acceptors (Lipinski definition) is 0. The molecule has 1 rings (SSSR count). The van der Waals surface area contributed by atoms with E-state index in [2.05, 4.69) is 33.4 Å². The summed E-state index contributed by atoms with van der Waals surface area (Å²) in [6.45, 7) is 11.2. The van der Waals surface area contributed by atoms with E-state index < -0.39 is 0 Å². The quantitative estimate of drug-likeness (QED) is 0.444. The highest BCUT2D eigenvalue weighted by molar-refractivity contribution is 5.58. The molecule has 0 aromatic heterocycles. The summed E-state index contributed by atoms with van der Waals surface area (Å²) in [5.41, 5.74) is 6.06. The van der Waals surface area contributed by atoms with E-state index >= 15 is 0 Å². The molecule has 1 aliphatic rings. The van der Waals surface area contributed by atoms with Crippen LogP contribution in [0.15, 0.2) is 34.9 Å². The molecule has 0 unspecified atom stereocenters. The Morgan fingerprint density at radius 2 is 1.39 bits per heavy atom. The standard InChI is InChI=1S/C18H30/c1-5-8-11-16-14-17(12-9-6-2)18(15(16)4)13-10-7-3/h14H,4-13H2,1-3H3. The summed E-state index contributed by atoms with van der Waals surface area (Å²) in [4.78, 5) is 0. The molecule has 0 nitrogen and oxygen atoms in total. The molecular formula is C18H30. The van der Waals surface area contributed by atoms with E-state index in [-0.39, 0.29) is 0 Å². The summed E-state index contributed by atoms with van der Waals surface area (Å²) in [6, 6.07) is 0. The zero-order valence-electron chi connectivity index (χ0n) is 12.6. The molecule has 1 aliphatic carbocycles. The van der Waals surface area contributed by atoms with E-state index in [4.69, 9.17) is 0 Å². The Balaban J connectivity index is 2.71. The minimum Gasteiger partial charge on any atom is -0.0912 e. The van der Waals surface area contributed by atoms with Crippen LogP contribution in [0.4, 0.5) is 0 Å². The van der Waals surface area contributed by atoms with Gasteiger partial charge in [-0.15, -0.1) is 0 Å². The normalized spacial score (nSPS) is 15.5. The second kappa shape index (κ2) is 8.34. The summed E-state index contributed by atoms with van der Waals surface area (Å²) in [5, 5.41) is 0. The van der Waals surface area contributed by atoms with Crippen LogP contribution in [0.5, 0.6) is 0 Å². The Bertz CT molecular complexity index is 328. The predicted octanol–water partition coefficient (Wildman–Crippen LogP) is 6.35. The molecule has 0 bridgehead atoms. The van der Waals surface area contributed by atoms with E-state index in [1.54, 1.807) is 11.1 Å². The van der Waals surface area contributed by atoms with Gasteiger partial charge in [0.15, 0.2) is 0 Å². The van der Waals surface area contributed by atoms with Gasteiger partial charge < -0.3 is 0 Å². The molecule has 0 atom stereocenters. The van der Waals surface area contributed by atoms with Crippen LogP contribution >= 0.6 is 0 Å². The van der Waals surface area contributed by atoms with Crippen molar-refractivity contribution in [1.29, 1.82) is 0 Å². The lowest BCUT2D eigenvalue weighted by Gasteiger charge is -2.10. The molecule has 102 valence electrons. The van der Waals surface area contributed by atoms with Crippen LogP contribution in [-0.4, -0.2) is 0 Å². The number of hydrogen-bond donors (Lipinski definition) is 0. The van der Waals surface area contributed by atoms with Crippen LogP contribution in [0.3, 0.4) is 0 Å². The van der Waals surface area contributed by atoms with Gasteiger partial charge in [-0.05, 0) is 60.8 Å². The van der Waals surface area contributed by atoms with Crippen molar-refractivity contribution < 1.29 is 0 Å². The van der Waals surface area contributed by atoms with Crippen molar-refractivity contribution in [3.8, 4) is 0 Å². The van der Waals surface area contributed by atoms with E-state index in [1.807, 2.05) is 0 Å². The van der Waals surface area contributed by atoms with Gasteiger partial charge in [0, 0.05) is 0 Å². The number of rotatable bonds is 9. The monoisotopic (exact) mass is 246 g/mol. The van der Waals surface area contributed by atoms with Crippen molar-refractivity contribution in [1.82, 2.24) is 0 Å². The fourth-order valence-electron chi connectivity index (χ4n) is 2.62. The number of unbranched alkanes of at least 4 members (excludes halogenated alkanes) is 3. The maximum atomic E-state index is 4.36. The maximum absolute atomic E-state index is 4.36. The fourth-order valence-corrected chi connectivity index (χ4v) is 2.62. The van der Waals surface area contributed by atoms with Gasteiger partial charge in [0.2, 0.25) is 0 Å². The highest BCUT2D eigenvalue weighted by Crippen LogP contribution is 2.37. The van der Waals surface area contributed by atoms with Crippen LogP contribution in [-0.2, 0) is 0 Å². The van der Waals surface area contributed by atoms with Crippen molar-refractivity contribution in [3.63, 3.8) is 0 Å². The lowest BCUT2D eigenvalue weighted by atomic mass is 9.95. The first-order chi connectivity index (χ1) is 8.74. The van der Waals surface area contributed by atoms with Crippen LogP contribution in [0, 0.1) is 0 Å². The van der Waals surface area contributed by atoms with Crippen LogP contribution in [0.25, 0.3) is 0 Å². The zero-order chi connectivity index (χ0) is 13.4. The molecule has 0 aliphatic heterocycles. The molecule has 0 fully saturated rings.